The van der Waals surface area contributed by atoms with E-state index in [0.29, 0.717) is 58.1 Å². The first-order valence-electron chi connectivity index (χ1n) is 16.1. The number of pyridine rings is 1. The number of rotatable bonds is 12. The van der Waals surface area contributed by atoms with Crippen LogP contribution in [0.3, 0.4) is 0 Å². The van der Waals surface area contributed by atoms with E-state index in [9.17, 15) is 4.79 Å². The summed E-state index contributed by atoms with van der Waals surface area (Å²) in [6.07, 6.45) is 7.98. The Morgan fingerprint density at radius 3 is 2.24 bits per heavy atom. The van der Waals surface area contributed by atoms with E-state index < -0.39 is 5.92 Å². The van der Waals surface area contributed by atoms with Crippen LogP contribution in [0, 0.1) is 34.4 Å². The van der Waals surface area contributed by atoms with Gasteiger partial charge in [0, 0.05) is 22.8 Å². The van der Waals surface area contributed by atoms with Gasteiger partial charge in [-0.25, -0.2) is 9.37 Å². The van der Waals surface area contributed by atoms with Gasteiger partial charge in [0.25, 0.3) is 0 Å². The molecule has 3 N–H and O–H groups in total. The first-order chi connectivity index (χ1) is 21.8. The number of hydrogen-bond acceptors (Lipinski definition) is 6. The van der Waals surface area contributed by atoms with Crippen molar-refractivity contribution < 1.29 is 18.7 Å². The van der Waals surface area contributed by atoms with Crippen molar-refractivity contribution in [3.63, 3.8) is 0 Å². The van der Waals surface area contributed by atoms with Crippen LogP contribution in [0.25, 0.3) is 11.3 Å². The number of anilines is 1. The zero-order valence-electron chi connectivity index (χ0n) is 27.7. The molecule has 1 fully saturated rings. The van der Waals surface area contributed by atoms with Gasteiger partial charge in [-0.3, -0.25) is 4.79 Å². The van der Waals surface area contributed by atoms with Gasteiger partial charge in [-0.1, -0.05) is 82.3 Å². The van der Waals surface area contributed by atoms with Crippen molar-refractivity contribution in [1.29, 1.82) is 5.41 Å². The lowest BCUT2D eigenvalue weighted by molar-refractivity contribution is 0.0951. The van der Waals surface area contributed by atoms with E-state index in [1.807, 2.05) is 6.92 Å². The Labute approximate surface area is 282 Å². The third-order valence-electron chi connectivity index (χ3n) is 9.52. The summed E-state index contributed by atoms with van der Waals surface area (Å²) in [7, 11) is 2.96. The second kappa shape index (κ2) is 15.2. The Morgan fingerprint density at radius 2 is 1.67 bits per heavy atom. The maximum Gasteiger partial charge on any atom is 0.171 e. The third kappa shape index (κ3) is 7.86. The topological polar surface area (TPSA) is 98.3 Å². The molecule has 6 nitrogen and oxygen atoms in total. The summed E-state index contributed by atoms with van der Waals surface area (Å²) in [6.45, 7) is 8.81. The summed E-state index contributed by atoms with van der Waals surface area (Å²) >= 11 is 13.1. The highest BCUT2D eigenvalue weighted by molar-refractivity contribution is 6.41. The molecule has 0 saturated heterocycles. The molecule has 9 heteroatoms. The maximum absolute atomic E-state index is 15.4. The number of aryl methyl sites for hydroxylation is 1. The molecule has 3 aromatic rings. The average Bonchev–Trinajstić information content (AvgIpc) is 3.17. The smallest absolute Gasteiger partial charge is 0.171 e. The van der Waals surface area contributed by atoms with E-state index in [-0.39, 0.29) is 38.7 Å². The number of Topliss-reactive ketones (excluding diaryl/α,β-unsaturated/α-hetero) is 1. The van der Waals surface area contributed by atoms with Crippen LogP contribution < -0.4 is 15.2 Å². The molecule has 4 rings (SSSR count). The summed E-state index contributed by atoms with van der Waals surface area (Å²) in [4.78, 5) is 18.1. The number of hydrogen-bond donors (Lipinski definition) is 2. The minimum atomic E-state index is -0.830. The summed E-state index contributed by atoms with van der Waals surface area (Å²) in [5.74, 6) is 0.541. The average molecular weight is 671 g/mol. The van der Waals surface area contributed by atoms with Crippen LogP contribution in [0.1, 0.15) is 94.1 Å². The molecular weight excluding hydrogens is 624 g/mol. The number of nitrogens with zero attached hydrogens (tertiary/aromatic N) is 1. The van der Waals surface area contributed by atoms with Crippen molar-refractivity contribution in [2.75, 3.05) is 20.0 Å². The highest BCUT2D eigenvalue weighted by Gasteiger charge is 2.31. The number of benzene rings is 2. The number of aromatic nitrogens is 1. The van der Waals surface area contributed by atoms with Crippen molar-refractivity contribution in [2.24, 2.45) is 23.2 Å². The molecule has 0 bridgehead atoms. The van der Waals surface area contributed by atoms with Gasteiger partial charge in [0.1, 0.15) is 23.1 Å². The number of ether oxygens (including phenoxy) is 2. The molecule has 1 aromatic heterocycles. The number of nitrogens with two attached hydrogens (primary N) is 1. The predicted molar refractivity (Wildman–Crippen MR) is 186 cm³/mol. The quantitative estimate of drug-likeness (QED) is 0.114. The van der Waals surface area contributed by atoms with Gasteiger partial charge in [-0.15, -0.1) is 0 Å². The minimum absolute atomic E-state index is 0.00955. The summed E-state index contributed by atoms with van der Waals surface area (Å²) in [5.41, 5.74) is 8.56. The van der Waals surface area contributed by atoms with Crippen molar-refractivity contribution in [2.45, 2.75) is 79.1 Å². The number of nitrogen functional groups attached to an aromatic ring is 1. The van der Waals surface area contributed by atoms with Crippen LogP contribution >= 0.6 is 23.2 Å². The standard InChI is InChI=1S/C37H46Cl2FN3O3/c1-7-21-9-10-22(20-37(3,4)19-21)11-12-23-13-14-24(17-27(23)40)35(44)25(8-2)34(41)26-15-16-28(43-36(26)42)31-32(38)29(45-5)18-30(46-6)33(31)39/h13-18,21-22,25,41H,7-12,19-20H2,1-6H3,(H2,42,43). The molecule has 0 amide bonds. The molecule has 0 aliphatic heterocycles. The van der Waals surface area contributed by atoms with Gasteiger partial charge >= 0.3 is 0 Å². The normalized spacial score (nSPS) is 18.5. The molecular formula is C37H46Cl2FN3O3. The zero-order chi connectivity index (χ0) is 33.8. The third-order valence-corrected chi connectivity index (χ3v) is 10.3. The summed E-state index contributed by atoms with van der Waals surface area (Å²) in [6, 6.07) is 9.57. The van der Waals surface area contributed by atoms with Crippen LogP contribution in [-0.2, 0) is 6.42 Å². The minimum Gasteiger partial charge on any atom is -0.495 e. The monoisotopic (exact) mass is 669 g/mol. The highest BCUT2D eigenvalue weighted by Crippen LogP contribution is 2.46. The van der Waals surface area contributed by atoms with Gasteiger partial charge in [-0.2, -0.15) is 0 Å². The van der Waals surface area contributed by atoms with Gasteiger partial charge < -0.3 is 20.6 Å². The number of nitrogens with one attached hydrogen (secondary N) is 1. The van der Waals surface area contributed by atoms with E-state index in [2.05, 4.69) is 25.8 Å². The van der Waals surface area contributed by atoms with Crippen molar-refractivity contribution in [3.8, 4) is 22.8 Å². The van der Waals surface area contributed by atoms with E-state index >= 15 is 4.39 Å². The van der Waals surface area contributed by atoms with Crippen LogP contribution in [-0.4, -0.2) is 30.7 Å². The lowest BCUT2D eigenvalue weighted by Crippen LogP contribution is -2.25. The van der Waals surface area contributed by atoms with Crippen LogP contribution in [0.15, 0.2) is 36.4 Å². The fourth-order valence-electron chi connectivity index (χ4n) is 7.04. The first-order valence-corrected chi connectivity index (χ1v) is 16.9. The number of carbonyl (C=O) groups excluding carboxylic acids is 1. The molecule has 3 atom stereocenters. The largest absolute Gasteiger partial charge is 0.495 e. The molecule has 248 valence electrons. The van der Waals surface area contributed by atoms with Crippen LogP contribution in [0.5, 0.6) is 11.5 Å². The fourth-order valence-corrected chi connectivity index (χ4v) is 7.74. The molecule has 1 aliphatic carbocycles. The van der Waals surface area contributed by atoms with E-state index in [1.54, 1.807) is 30.3 Å². The molecule has 1 aliphatic rings. The molecule has 1 saturated carbocycles. The van der Waals surface area contributed by atoms with Gasteiger partial charge in [0.15, 0.2) is 5.78 Å². The Morgan fingerprint density at radius 1 is 1.04 bits per heavy atom. The highest BCUT2D eigenvalue weighted by atomic mass is 35.5. The summed E-state index contributed by atoms with van der Waals surface area (Å²) in [5, 5.41) is 9.39. The van der Waals surface area contributed by atoms with Gasteiger partial charge in [0.2, 0.25) is 0 Å². The Balaban J connectivity index is 1.51. The van der Waals surface area contributed by atoms with E-state index in [0.717, 1.165) is 18.8 Å². The van der Waals surface area contributed by atoms with E-state index in [1.165, 1.54) is 46.0 Å². The second-order valence-corrected chi connectivity index (χ2v) is 14.0. The maximum atomic E-state index is 15.4. The Kier molecular flexibility index (Phi) is 11.8. The fraction of sp³-hybridized carbons (Fsp3) is 0.486. The molecule has 0 radical (unpaired) electrons. The molecule has 3 unspecified atom stereocenters. The number of halogens is 3. The molecule has 0 spiro atoms. The predicted octanol–water partition coefficient (Wildman–Crippen LogP) is 10.2. The molecule has 46 heavy (non-hydrogen) atoms. The Bertz CT molecular complexity index is 1560. The number of ketones is 1. The van der Waals surface area contributed by atoms with Crippen LogP contribution in [0.2, 0.25) is 10.0 Å². The molecule has 2 aromatic carbocycles. The SMILES string of the molecule is CCC1CCC(CCc2ccc(C(=O)C(CC)C(=N)c3ccc(-c4c(Cl)c(OC)cc(OC)c4Cl)nc3N)cc2F)CC(C)(C)C1. The number of methoxy groups -OCH3 is 2. The van der Waals surface area contributed by atoms with Gasteiger partial charge in [0.05, 0.1) is 41.6 Å². The lowest BCUT2D eigenvalue weighted by Gasteiger charge is -2.28. The van der Waals surface area contributed by atoms with Crippen molar-refractivity contribution >= 4 is 40.5 Å². The van der Waals surface area contributed by atoms with Gasteiger partial charge in [-0.05, 0) is 73.1 Å². The lowest BCUT2D eigenvalue weighted by atomic mass is 9.77. The zero-order valence-corrected chi connectivity index (χ0v) is 29.2. The van der Waals surface area contributed by atoms with Crippen molar-refractivity contribution in [1.82, 2.24) is 4.98 Å². The van der Waals surface area contributed by atoms with E-state index in [4.69, 9.17) is 43.8 Å². The Hall–Kier alpha value is -3.16. The number of carbonyl (C=O) groups is 1. The molecule has 1 heterocycles. The second-order valence-electron chi connectivity index (χ2n) is 13.3. The summed E-state index contributed by atoms with van der Waals surface area (Å²) < 4.78 is 26.1. The first kappa shape index (κ1) is 35.7. The van der Waals surface area contributed by atoms with Crippen LogP contribution in [0.4, 0.5) is 10.2 Å². The van der Waals surface area contributed by atoms with Crippen molar-refractivity contribution in [3.05, 3.63) is 69.0 Å².